The van der Waals surface area contributed by atoms with Crippen LogP contribution in [-0.4, -0.2) is 60.9 Å². The zero-order chi connectivity index (χ0) is 19.4. The summed E-state index contributed by atoms with van der Waals surface area (Å²) in [7, 11) is 0. The van der Waals surface area contributed by atoms with Gasteiger partial charge in [0.05, 0.1) is 0 Å². The summed E-state index contributed by atoms with van der Waals surface area (Å²) >= 11 is 6.09. The summed E-state index contributed by atoms with van der Waals surface area (Å²) < 4.78 is 0. The highest BCUT2D eigenvalue weighted by molar-refractivity contribution is 6.30. The molecule has 5 nitrogen and oxygen atoms in total. The number of benzene rings is 1. The summed E-state index contributed by atoms with van der Waals surface area (Å²) in [6.45, 7) is 8.72. The monoisotopic (exact) mass is 391 g/mol. The summed E-state index contributed by atoms with van der Waals surface area (Å²) in [4.78, 5) is 31.3. The van der Waals surface area contributed by atoms with E-state index in [0.717, 1.165) is 49.7 Å². The molecule has 0 unspecified atom stereocenters. The molecule has 148 valence electrons. The highest BCUT2D eigenvalue weighted by atomic mass is 35.5. The molecule has 6 heteroatoms. The number of rotatable bonds is 4. The molecule has 2 amide bonds. The van der Waals surface area contributed by atoms with Gasteiger partial charge in [-0.3, -0.25) is 9.59 Å². The van der Waals surface area contributed by atoms with Crippen molar-refractivity contribution in [3.63, 3.8) is 0 Å². The van der Waals surface area contributed by atoms with Crippen LogP contribution in [0.5, 0.6) is 0 Å². The molecule has 27 heavy (non-hydrogen) atoms. The van der Waals surface area contributed by atoms with E-state index in [2.05, 4.69) is 24.8 Å². The Kier molecular flexibility index (Phi) is 6.64. The van der Waals surface area contributed by atoms with Gasteiger partial charge >= 0.3 is 0 Å². The molecule has 2 heterocycles. The fourth-order valence-corrected chi connectivity index (χ4v) is 4.15. The van der Waals surface area contributed by atoms with Gasteiger partial charge in [0.1, 0.15) is 0 Å². The van der Waals surface area contributed by atoms with Crippen molar-refractivity contribution in [2.24, 2.45) is 11.8 Å². The second-order valence-electron chi connectivity index (χ2n) is 8.05. The van der Waals surface area contributed by atoms with Crippen molar-refractivity contribution in [2.75, 3.05) is 44.2 Å². The SMILES string of the molecule is CC(C)CC(=O)N1CCC(C(=O)N2CCN(c3cccc(Cl)c3)CC2)CC1. The normalized spacial score (nSPS) is 18.9. The van der Waals surface area contributed by atoms with Gasteiger partial charge < -0.3 is 14.7 Å². The molecular weight excluding hydrogens is 362 g/mol. The molecule has 0 bridgehead atoms. The molecule has 0 saturated carbocycles. The van der Waals surface area contributed by atoms with Crippen LogP contribution < -0.4 is 4.90 Å². The van der Waals surface area contributed by atoms with Gasteiger partial charge in [-0.1, -0.05) is 31.5 Å². The molecule has 3 rings (SSSR count). The Morgan fingerprint density at radius 3 is 2.30 bits per heavy atom. The number of likely N-dealkylation sites (tertiary alicyclic amines) is 1. The Bertz CT molecular complexity index is 663. The zero-order valence-corrected chi connectivity index (χ0v) is 17.1. The van der Waals surface area contributed by atoms with E-state index >= 15 is 0 Å². The van der Waals surface area contributed by atoms with Crippen LogP contribution in [0.1, 0.15) is 33.1 Å². The lowest BCUT2D eigenvalue weighted by atomic mass is 9.94. The van der Waals surface area contributed by atoms with Gasteiger partial charge in [0.2, 0.25) is 11.8 Å². The molecule has 0 atom stereocenters. The number of carbonyl (C=O) groups is 2. The third kappa shape index (κ3) is 5.16. The number of piperazine rings is 1. The third-order valence-electron chi connectivity index (χ3n) is 5.54. The predicted octanol–water partition coefficient (Wildman–Crippen LogP) is 3.27. The quantitative estimate of drug-likeness (QED) is 0.791. The summed E-state index contributed by atoms with van der Waals surface area (Å²) in [6.07, 6.45) is 2.18. The van der Waals surface area contributed by atoms with Crippen molar-refractivity contribution >= 4 is 29.1 Å². The summed E-state index contributed by atoms with van der Waals surface area (Å²) in [5.74, 6) is 0.932. The number of carbonyl (C=O) groups excluding carboxylic acids is 2. The van der Waals surface area contributed by atoms with E-state index in [1.807, 2.05) is 28.0 Å². The van der Waals surface area contributed by atoms with Crippen LogP contribution in [-0.2, 0) is 9.59 Å². The molecule has 2 saturated heterocycles. The van der Waals surface area contributed by atoms with E-state index in [9.17, 15) is 9.59 Å². The molecule has 0 spiro atoms. The maximum absolute atomic E-state index is 12.9. The maximum atomic E-state index is 12.9. The topological polar surface area (TPSA) is 43.9 Å². The first kappa shape index (κ1) is 20.0. The van der Waals surface area contributed by atoms with Crippen molar-refractivity contribution in [1.82, 2.24) is 9.80 Å². The number of nitrogens with zero attached hydrogens (tertiary/aromatic N) is 3. The lowest BCUT2D eigenvalue weighted by Gasteiger charge is -2.39. The molecule has 0 aromatic heterocycles. The molecule has 0 radical (unpaired) electrons. The molecule has 1 aromatic rings. The number of hydrogen-bond acceptors (Lipinski definition) is 3. The van der Waals surface area contributed by atoms with Crippen LogP contribution >= 0.6 is 11.6 Å². The van der Waals surface area contributed by atoms with E-state index in [1.165, 1.54) is 0 Å². The first-order chi connectivity index (χ1) is 12.9. The lowest BCUT2D eigenvalue weighted by molar-refractivity contribution is -0.141. The predicted molar refractivity (Wildman–Crippen MR) is 109 cm³/mol. The van der Waals surface area contributed by atoms with Crippen LogP contribution in [0.3, 0.4) is 0 Å². The van der Waals surface area contributed by atoms with E-state index in [1.54, 1.807) is 0 Å². The van der Waals surface area contributed by atoms with Crippen LogP contribution in [0.25, 0.3) is 0 Å². The second-order valence-corrected chi connectivity index (χ2v) is 8.48. The summed E-state index contributed by atoms with van der Waals surface area (Å²) in [5.41, 5.74) is 1.12. The summed E-state index contributed by atoms with van der Waals surface area (Å²) in [6, 6.07) is 7.88. The van der Waals surface area contributed by atoms with Crippen molar-refractivity contribution in [2.45, 2.75) is 33.1 Å². The van der Waals surface area contributed by atoms with Gasteiger partial charge in [-0.2, -0.15) is 0 Å². The number of hydrogen-bond donors (Lipinski definition) is 0. The zero-order valence-electron chi connectivity index (χ0n) is 16.4. The van der Waals surface area contributed by atoms with Crippen molar-refractivity contribution in [1.29, 1.82) is 0 Å². The number of anilines is 1. The van der Waals surface area contributed by atoms with Gasteiger partial charge in [0.15, 0.2) is 0 Å². The first-order valence-corrected chi connectivity index (χ1v) is 10.4. The minimum atomic E-state index is 0.0609. The highest BCUT2D eigenvalue weighted by Gasteiger charge is 2.31. The summed E-state index contributed by atoms with van der Waals surface area (Å²) in [5, 5.41) is 0.741. The fraction of sp³-hybridized carbons (Fsp3) is 0.619. The van der Waals surface area contributed by atoms with Crippen LogP contribution in [0, 0.1) is 11.8 Å². The molecule has 0 N–H and O–H groups in total. The van der Waals surface area contributed by atoms with Gasteiger partial charge in [0, 0.05) is 62.3 Å². The highest BCUT2D eigenvalue weighted by Crippen LogP contribution is 2.24. The Hall–Kier alpha value is -1.75. The van der Waals surface area contributed by atoms with Crippen LogP contribution in [0.4, 0.5) is 5.69 Å². The molecule has 2 aliphatic rings. The largest absolute Gasteiger partial charge is 0.368 e. The minimum absolute atomic E-state index is 0.0609. The van der Waals surface area contributed by atoms with Gasteiger partial charge in [-0.15, -0.1) is 0 Å². The Morgan fingerprint density at radius 1 is 1.04 bits per heavy atom. The minimum Gasteiger partial charge on any atom is -0.368 e. The van der Waals surface area contributed by atoms with Crippen molar-refractivity contribution < 1.29 is 9.59 Å². The molecule has 2 fully saturated rings. The Labute approximate surface area is 167 Å². The number of halogens is 1. The van der Waals surface area contributed by atoms with Gasteiger partial charge in [0.25, 0.3) is 0 Å². The Balaban J connectivity index is 1.47. The standard InChI is InChI=1S/C21H30ClN3O2/c1-16(2)14-20(26)24-8-6-17(7-9-24)21(27)25-12-10-23(11-13-25)19-5-3-4-18(22)15-19/h3-5,15-17H,6-14H2,1-2H3. The maximum Gasteiger partial charge on any atom is 0.225 e. The lowest BCUT2D eigenvalue weighted by Crippen LogP contribution is -2.52. The van der Waals surface area contributed by atoms with Crippen LogP contribution in [0.2, 0.25) is 5.02 Å². The van der Waals surface area contributed by atoms with Crippen molar-refractivity contribution in [3.05, 3.63) is 29.3 Å². The Morgan fingerprint density at radius 2 is 1.70 bits per heavy atom. The molecule has 0 aliphatic carbocycles. The second kappa shape index (κ2) is 8.96. The van der Waals surface area contributed by atoms with E-state index in [4.69, 9.17) is 11.6 Å². The third-order valence-corrected chi connectivity index (χ3v) is 5.78. The smallest absolute Gasteiger partial charge is 0.225 e. The van der Waals surface area contributed by atoms with Crippen LogP contribution in [0.15, 0.2) is 24.3 Å². The van der Waals surface area contributed by atoms with Crippen molar-refractivity contribution in [3.8, 4) is 0 Å². The van der Waals surface area contributed by atoms with E-state index in [0.29, 0.717) is 25.4 Å². The van der Waals surface area contributed by atoms with E-state index < -0.39 is 0 Å². The molecule has 1 aromatic carbocycles. The average molecular weight is 392 g/mol. The van der Waals surface area contributed by atoms with E-state index in [-0.39, 0.29) is 17.7 Å². The van der Waals surface area contributed by atoms with Gasteiger partial charge in [-0.25, -0.2) is 0 Å². The average Bonchev–Trinajstić information content (AvgIpc) is 2.67. The number of amides is 2. The number of piperidine rings is 1. The van der Waals surface area contributed by atoms with Gasteiger partial charge in [-0.05, 0) is 37.0 Å². The first-order valence-electron chi connectivity index (χ1n) is 10.0. The molecular formula is C21H30ClN3O2. The molecule has 2 aliphatic heterocycles. The fourth-order valence-electron chi connectivity index (χ4n) is 3.97.